The number of halogens is 3. The minimum atomic E-state index is -0.660. The average Bonchev–Trinajstić information content (AvgIpc) is 2.79. The van der Waals surface area contributed by atoms with Gasteiger partial charge in [0.25, 0.3) is 0 Å². The van der Waals surface area contributed by atoms with Crippen molar-refractivity contribution >= 4 is 50.9 Å². The Morgan fingerprint density at radius 2 is 2.08 bits per heavy atom. The molecule has 9 heteroatoms. The van der Waals surface area contributed by atoms with Crippen LogP contribution in [-0.4, -0.2) is 21.6 Å². The number of aryl methyl sites for hydroxylation is 1. The highest BCUT2D eigenvalue weighted by molar-refractivity contribution is 9.10. The van der Waals surface area contributed by atoms with E-state index < -0.39 is 12.0 Å². The molecule has 0 bridgehead atoms. The summed E-state index contributed by atoms with van der Waals surface area (Å²) in [7, 11) is 0. The van der Waals surface area contributed by atoms with Crippen LogP contribution in [0.4, 0.5) is 0 Å². The zero-order valence-electron chi connectivity index (χ0n) is 13.2. The maximum Gasteiger partial charge on any atom is 0.359 e. The Bertz CT molecular complexity index is 820. The standard InChI is InChI=1S/C15H15BrCl2N4O2/c1-7-13(16)8(2)22(20-7)9(3)15(23)24-21-14(19)11-5-4-10(17)6-12(11)18/h4-6,9H,1-3H3,(H2,19,21). The van der Waals surface area contributed by atoms with E-state index in [1.54, 1.807) is 23.7 Å². The summed E-state index contributed by atoms with van der Waals surface area (Å²) in [5.74, 6) is -0.618. The molecule has 128 valence electrons. The van der Waals surface area contributed by atoms with Gasteiger partial charge in [0.2, 0.25) is 0 Å². The number of hydrogen-bond acceptors (Lipinski definition) is 4. The van der Waals surface area contributed by atoms with E-state index in [1.165, 1.54) is 6.07 Å². The molecule has 0 saturated heterocycles. The fourth-order valence-corrected chi connectivity index (χ4v) is 2.80. The molecule has 24 heavy (non-hydrogen) atoms. The molecule has 0 spiro atoms. The summed E-state index contributed by atoms with van der Waals surface area (Å²) in [4.78, 5) is 17.1. The Morgan fingerprint density at radius 3 is 2.62 bits per heavy atom. The van der Waals surface area contributed by atoms with Crippen molar-refractivity contribution in [2.24, 2.45) is 10.9 Å². The number of nitrogens with two attached hydrogens (primary N) is 1. The van der Waals surface area contributed by atoms with Gasteiger partial charge in [0.1, 0.15) is 6.04 Å². The van der Waals surface area contributed by atoms with Crippen molar-refractivity contribution in [3.63, 3.8) is 0 Å². The fraction of sp³-hybridized carbons (Fsp3) is 0.267. The zero-order chi connectivity index (χ0) is 18.0. The van der Waals surface area contributed by atoms with Crippen LogP contribution in [0.1, 0.15) is 29.9 Å². The van der Waals surface area contributed by atoms with Crippen LogP contribution in [0.15, 0.2) is 27.8 Å². The Balaban J connectivity index is 2.15. The van der Waals surface area contributed by atoms with Crippen molar-refractivity contribution in [2.45, 2.75) is 26.8 Å². The third kappa shape index (κ3) is 3.91. The summed E-state index contributed by atoms with van der Waals surface area (Å²) in [5.41, 5.74) is 7.83. The molecule has 0 radical (unpaired) electrons. The molecule has 0 aliphatic heterocycles. The van der Waals surface area contributed by atoms with Crippen molar-refractivity contribution in [2.75, 3.05) is 0 Å². The molecule has 2 N–H and O–H groups in total. The van der Waals surface area contributed by atoms with Crippen LogP contribution in [0.5, 0.6) is 0 Å². The van der Waals surface area contributed by atoms with Crippen LogP contribution in [0.3, 0.4) is 0 Å². The predicted molar refractivity (Wildman–Crippen MR) is 97.4 cm³/mol. The largest absolute Gasteiger partial charge is 0.380 e. The molecule has 0 amide bonds. The van der Waals surface area contributed by atoms with Gasteiger partial charge < -0.3 is 10.6 Å². The SMILES string of the molecule is Cc1nn(C(C)C(=O)O/N=C(\N)c2ccc(Cl)cc2Cl)c(C)c1Br. The van der Waals surface area contributed by atoms with E-state index in [2.05, 4.69) is 26.2 Å². The third-order valence-corrected chi connectivity index (χ3v) is 5.08. The monoisotopic (exact) mass is 432 g/mol. The van der Waals surface area contributed by atoms with Gasteiger partial charge in [-0.05, 0) is 54.9 Å². The minimum absolute atomic E-state index is 0.0215. The highest BCUT2D eigenvalue weighted by Gasteiger charge is 2.22. The molecule has 2 aromatic rings. The number of nitrogens with zero attached hydrogens (tertiary/aromatic N) is 3. The van der Waals surface area contributed by atoms with E-state index in [0.29, 0.717) is 15.6 Å². The topological polar surface area (TPSA) is 82.5 Å². The van der Waals surface area contributed by atoms with Crippen LogP contribution < -0.4 is 5.73 Å². The lowest BCUT2D eigenvalue weighted by molar-refractivity contribution is -0.147. The summed E-state index contributed by atoms with van der Waals surface area (Å²) in [6.45, 7) is 5.35. The molecule has 1 atom stereocenters. The molecule has 1 aromatic heterocycles. The van der Waals surface area contributed by atoms with E-state index in [-0.39, 0.29) is 5.84 Å². The molecule has 0 saturated carbocycles. The van der Waals surface area contributed by atoms with Gasteiger partial charge >= 0.3 is 5.97 Å². The minimum Gasteiger partial charge on any atom is -0.380 e. The smallest absolute Gasteiger partial charge is 0.359 e. The number of carbonyl (C=O) groups excluding carboxylic acids is 1. The van der Waals surface area contributed by atoms with Crippen LogP contribution in [0.2, 0.25) is 10.0 Å². The second-order valence-corrected chi connectivity index (χ2v) is 6.75. The number of carbonyl (C=O) groups is 1. The van der Waals surface area contributed by atoms with Gasteiger partial charge in [-0.25, -0.2) is 4.79 Å². The number of rotatable bonds is 4. The lowest BCUT2D eigenvalue weighted by Gasteiger charge is -2.11. The number of amidine groups is 1. The molecule has 0 aliphatic carbocycles. The Morgan fingerprint density at radius 1 is 1.42 bits per heavy atom. The fourth-order valence-electron chi connectivity index (χ4n) is 2.04. The molecular formula is C15H15BrCl2N4O2. The van der Waals surface area contributed by atoms with Gasteiger partial charge in [-0.1, -0.05) is 28.4 Å². The maximum absolute atomic E-state index is 12.2. The lowest BCUT2D eigenvalue weighted by atomic mass is 10.2. The molecule has 1 heterocycles. The molecular weight excluding hydrogens is 419 g/mol. The number of oxime groups is 1. The number of benzene rings is 1. The lowest BCUT2D eigenvalue weighted by Crippen LogP contribution is -2.22. The number of aromatic nitrogens is 2. The van der Waals surface area contributed by atoms with Gasteiger partial charge in [-0.3, -0.25) is 4.68 Å². The van der Waals surface area contributed by atoms with Crippen LogP contribution in [0.25, 0.3) is 0 Å². The molecule has 1 aromatic carbocycles. The van der Waals surface area contributed by atoms with Crippen molar-refractivity contribution in [1.29, 1.82) is 0 Å². The third-order valence-electron chi connectivity index (χ3n) is 3.39. The van der Waals surface area contributed by atoms with E-state index in [0.717, 1.165) is 15.9 Å². The van der Waals surface area contributed by atoms with E-state index in [1.807, 2.05) is 13.8 Å². The molecule has 0 fully saturated rings. The van der Waals surface area contributed by atoms with Gasteiger partial charge in [-0.2, -0.15) is 5.10 Å². The van der Waals surface area contributed by atoms with Crippen molar-refractivity contribution in [3.05, 3.63) is 49.7 Å². The van der Waals surface area contributed by atoms with Crippen molar-refractivity contribution in [1.82, 2.24) is 9.78 Å². The van der Waals surface area contributed by atoms with Gasteiger partial charge in [0.05, 0.1) is 20.9 Å². The second kappa shape index (κ2) is 7.55. The second-order valence-electron chi connectivity index (χ2n) is 5.12. The summed E-state index contributed by atoms with van der Waals surface area (Å²) >= 11 is 15.3. The first-order valence-electron chi connectivity index (χ1n) is 6.93. The predicted octanol–water partition coefficient (Wildman–Crippen LogP) is 3.99. The molecule has 1 unspecified atom stereocenters. The highest BCUT2D eigenvalue weighted by Crippen LogP contribution is 2.24. The van der Waals surface area contributed by atoms with Gasteiger partial charge in [0, 0.05) is 10.6 Å². The summed E-state index contributed by atoms with van der Waals surface area (Å²) < 4.78 is 2.40. The van der Waals surface area contributed by atoms with Crippen LogP contribution >= 0.6 is 39.1 Å². The first-order chi connectivity index (χ1) is 11.2. The Hall–Kier alpha value is -1.57. The van der Waals surface area contributed by atoms with Crippen molar-refractivity contribution < 1.29 is 9.63 Å². The first-order valence-corrected chi connectivity index (χ1v) is 8.48. The quantitative estimate of drug-likeness (QED) is 0.342. The average molecular weight is 434 g/mol. The van der Waals surface area contributed by atoms with Crippen molar-refractivity contribution in [3.8, 4) is 0 Å². The first kappa shape index (κ1) is 18.8. The summed E-state index contributed by atoms with van der Waals surface area (Å²) in [6.07, 6.45) is 0. The Kier molecular flexibility index (Phi) is 5.90. The molecule has 0 aliphatic rings. The molecule has 6 nitrogen and oxygen atoms in total. The van der Waals surface area contributed by atoms with Crippen LogP contribution in [0, 0.1) is 13.8 Å². The zero-order valence-corrected chi connectivity index (χ0v) is 16.3. The van der Waals surface area contributed by atoms with E-state index in [4.69, 9.17) is 33.8 Å². The summed E-state index contributed by atoms with van der Waals surface area (Å²) in [6, 6.07) is 4.08. The highest BCUT2D eigenvalue weighted by atomic mass is 79.9. The van der Waals surface area contributed by atoms with Gasteiger partial charge in [-0.15, -0.1) is 0 Å². The van der Waals surface area contributed by atoms with Crippen LogP contribution in [-0.2, 0) is 9.63 Å². The summed E-state index contributed by atoms with van der Waals surface area (Å²) in [5, 5.41) is 8.73. The molecule has 2 rings (SSSR count). The van der Waals surface area contributed by atoms with E-state index in [9.17, 15) is 4.79 Å². The Labute approximate surface area is 157 Å². The maximum atomic E-state index is 12.2. The van der Waals surface area contributed by atoms with E-state index >= 15 is 0 Å². The normalized spacial score (nSPS) is 13.0. The van der Waals surface area contributed by atoms with Gasteiger partial charge in [0.15, 0.2) is 5.84 Å². The number of hydrogen-bond donors (Lipinski definition) is 1.